The average Bonchev–Trinajstić information content (AvgIpc) is 3.17. The van der Waals surface area contributed by atoms with Gasteiger partial charge in [0, 0.05) is 24.7 Å². The Morgan fingerprint density at radius 1 is 1.08 bits per heavy atom. The molecule has 3 rings (SSSR count). The summed E-state index contributed by atoms with van der Waals surface area (Å²) in [6, 6.07) is 11.9. The summed E-state index contributed by atoms with van der Waals surface area (Å²) in [5, 5.41) is 11.9. The number of nitrogens with zero attached hydrogens (tertiary/aromatic N) is 1. The van der Waals surface area contributed by atoms with Gasteiger partial charge in [0.15, 0.2) is 0 Å². The molecule has 6 nitrogen and oxygen atoms in total. The third kappa shape index (κ3) is 4.11. The fraction of sp³-hybridized carbons (Fsp3) is 0.316. The number of hydrogen-bond acceptors (Lipinski definition) is 4. The van der Waals surface area contributed by atoms with Crippen LogP contribution >= 0.6 is 11.3 Å². The molecule has 2 amide bonds. The maximum absolute atomic E-state index is 12.8. The summed E-state index contributed by atoms with van der Waals surface area (Å²) < 4.78 is 0. The standard InChI is InChI=1S/C19H20N2O4S/c22-17(13-6-2-1-3-7-13)20-12-14-8-4-5-11-21(14)18(23)15-9-10-16(26-15)19(24)25/h1-3,6-7,9-10,14H,4-5,8,11-12H2,(H,20,22)(H,24,25). The highest BCUT2D eigenvalue weighted by atomic mass is 32.1. The minimum Gasteiger partial charge on any atom is -0.477 e. The third-order valence-corrected chi connectivity index (χ3v) is 5.51. The fourth-order valence-corrected chi connectivity index (χ4v) is 3.89. The molecule has 7 heteroatoms. The second-order valence-corrected chi connectivity index (χ2v) is 7.28. The number of carboxylic acid groups (broad SMARTS) is 1. The lowest BCUT2D eigenvalue weighted by Gasteiger charge is -2.35. The van der Waals surface area contributed by atoms with Crippen molar-refractivity contribution in [3.05, 3.63) is 57.8 Å². The molecule has 1 saturated heterocycles. The lowest BCUT2D eigenvalue weighted by Crippen LogP contribution is -2.49. The number of amides is 2. The summed E-state index contributed by atoms with van der Waals surface area (Å²) in [5.74, 6) is -1.35. The highest BCUT2D eigenvalue weighted by Gasteiger charge is 2.29. The number of carbonyl (C=O) groups excluding carboxylic acids is 2. The summed E-state index contributed by atoms with van der Waals surface area (Å²) in [7, 11) is 0. The van der Waals surface area contributed by atoms with Crippen LogP contribution in [0.25, 0.3) is 0 Å². The van der Waals surface area contributed by atoms with Crippen molar-refractivity contribution in [2.75, 3.05) is 13.1 Å². The van der Waals surface area contributed by atoms with E-state index in [0.717, 1.165) is 30.6 Å². The molecule has 1 aliphatic rings. The van der Waals surface area contributed by atoms with Gasteiger partial charge in [-0.05, 0) is 43.5 Å². The molecule has 136 valence electrons. The molecular weight excluding hydrogens is 352 g/mol. The Bertz CT molecular complexity index is 803. The van der Waals surface area contributed by atoms with Crippen LogP contribution in [0.2, 0.25) is 0 Å². The first-order chi connectivity index (χ1) is 12.6. The first kappa shape index (κ1) is 18.1. The Morgan fingerprint density at radius 3 is 2.50 bits per heavy atom. The van der Waals surface area contributed by atoms with E-state index in [1.165, 1.54) is 6.07 Å². The molecule has 1 aromatic heterocycles. The van der Waals surface area contributed by atoms with Crippen molar-refractivity contribution in [3.63, 3.8) is 0 Å². The van der Waals surface area contributed by atoms with E-state index in [1.807, 2.05) is 18.2 Å². The molecule has 1 aliphatic heterocycles. The zero-order valence-electron chi connectivity index (χ0n) is 14.2. The summed E-state index contributed by atoms with van der Waals surface area (Å²) in [6.07, 6.45) is 2.73. The number of carboxylic acids is 1. The number of nitrogens with one attached hydrogen (secondary N) is 1. The van der Waals surface area contributed by atoms with Gasteiger partial charge in [0.25, 0.3) is 11.8 Å². The van der Waals surface area contributed by atoms with Crippen LogP contribution in [0.5, 0.6) is 0 Å². The van der Waals surface area contributed by atoms with Crippen LogP contribution in [-0.4, -0.2) is 46.9 Å². The van der Waals surface area contributed by atoms with E-state index in [4.69, 9.17) is 5.11 Å². The van der Waals surface area contributed by atoms with Crippen molar-refractivity contribution >= 4 is 29.1 Å². The highest BCUT2D eigenvalue weighted by molar-refractivity contribution is 7.15. The van der Waals surface area contributed by atoms with Gasteiger partial charge in [0.05, 0.1) is 4.88 Å². The Morgan fingerprint density at radius 2 is 1.81 bits per heavy atom. The number of piperidine rings is 1. The third-order valence-electron chi connectivity index (χ3n) is 4.45. The zero-order chi connectivity index (χ0) is 18.5. The van der Waals surface area contributed by atoms with Crippen molar-refractivity contribution in [2.24, 2.45) is 0 Å². The Labute approximate surface area is 155 Å². The zero-order valence-corrected chi connectivity index (χ0v) is 15.0. The average molecular weight is 372 g/mol. The van der Waals surface area contributed by atoms with Gasteiger partial charge in [0.1, 0.15) is 4.88 Å². The van der Waals surface area contributed by atoms with Crippen LogP contribution in [0.15, 0.2) is 42.5 Å². The van der Waals surface area contributed by atoms with E-state index in [2.05, 4.69) is 5.32 Å². The summed E-state index contributed by atoms with van der Waals surface area (Å²) in [5.41, 5.74) is 0.588. The van der Waals surface area contributed by atoms with Crippen molar-refractivity contribution in [2.45, 2.75) is 25.3 Å². The van der Waals surface area contributed by atoms with Crippen molar-refractivity contribution in [1.29, 1.82) is 0 Å². The van der Waals surface area contributed by atoms with Crippen LogP contribution in [-0.2, 0) is 0 Å². The van der Waals surface area contributed by atoms with Crippen LogP contribution in [0.3, 0.4) is 0 Å². The second-order valence-electron chi connectivity index (χ2n) is 6.19. The highest BCUT2D eigenvalue weighted by Crippen LogP contribution is 2.23. The van der Waals surface area contributed by atoms with E-state index >= 15 is 0 Å². The fourth-order valence-electron chi connectivity index (χ4n) is 3.09. The number of hydrogen-bond donors (Lipinski definition) is 2. The molecule has 0 saturated carbocycles. The molecule has 1 unspecified atom stereocenters. The molecule has 0 bridgehead atoms. The lowest BCUT2D eigenvalue weighted by atomic mass is 10.0. The molecule has 2 heterocycles. The summed E-state index contributed by atoms with van der Waals surface area (Å²) in [4.78, 5) is 38.4. The molecular formula is C19H20N2O4S. The first-order valence-corrected chi connectivity index (χ1v) is 9.35. The maximum Gasteiger partial charge on any atom is 0.345 e. The Balaban J connectivity index is 1.66. The van der Waals surface area contributed by atoms with Crippen LogP contribution < -0.4 is 5.32 Å². The topological polar surface area (TPSA) is 86.7 Å². The van der Waals surface area contributed by atoms with Crippen molar-refractivity contribution in [3.8, 4) is 0 Å². The van der Waals surface area contributed by atoms with Gasteiger partial charge in [-0.2, -0.15) is 0 Å². The molecule has 2 N–H and O–H groups in total. The van der Waals surface area contributed by atoms with Crippen LogP contribution in [0.1, 0.15) is 49.0 Å². The second kappa shape index (κ2) is 8.14. The smallest absolute Gasteiger partial charge is 0.345 e. The maximum atomic E-state index is 12.8. The molecule has 1 atom stereocenters. The summed E-state index contributed by atoms with van der Waals surface area (Å²) >= 11 is 0.988. The molecule has 26 heavy (non-hydrogen) atoms. The quantitative estimate of drug-likeness (QED) is 0.845. The van der Waals surface area contributed by atoms with Gasteiger partial charge in [-0.3, -0.25) is 9.59 Å². The normalized spacial score (nSPS) is 16.9. The number of carbonyl (C=O) groups is 3. The van der Waals surface area contributed by atoms with E-state index in [1.54, 1.807) is 23.1 Å². The lowest BCUT2D eigenvalue weighted by molar-refractivity contribution is 0.0607. The van der Waals surface area contributed by atoms with Crippen molar-refractivity contribution in [1.82, 2.24) is 10.2 Å². The minimum atomic E-state index is -1.03. The van der Waals surface area contributed by atoms with E-state index < -0.39 is 5.97 Å². The van der Waals surface area contributed by atoms with Crippen LogP contribution in [0.4, 0.5) is 0 Å². The van der Waals surface area contributed by atoms with Gasteiger partial charge in [-0.15, -0.1) is 11.3 Å². The number of likely N-dealkylation sites (tertiary alicyclic amines) is 1. The molecule has 0 radical (unpaired) electrons. The SMILES string of the molecule is O=C(NCC1CCCCN1C(=O)c1ccc(C(=O)O)s1)c1ccccc1. The first-order valence-electron chi connectivity index (χ1n) is 8.53. The Kier molecular flexibility index (Phi) is 5.68. The number of rotatable bonds is 5. The molecule has 0 aliphatic carbocycles. The van der Waals surface area contributed by atoms with Gasteiger partial charge in [-0.25, -0.2) is 4.79 Å². The monoisotopic (exact) mass is 372 g/mol. The van der Waals surface area contributed by atoms with Crippen molar-refractivity contribution < 1.29 is 19.5 Å². The summed E-state index contributed by atoms with van der Waals surface area (Å²) in [6.45, 7) is 1.00. The number of benzene rings is 1. The van der Waals surface area contributed by atoms with E-state index in [9.17, 15) is 14.4 Å². The predicted molar refractivity (Wildman–Crippen MR) is 98.7 cm³/mol. The molecule has 0 spiro atoms. The predicted octanol–water partition coefficient (Wildman–Crippen LogP) is 2.87. The molecule has 2 aromatic rings. The molecule has 1 fully saturated rings. The van der Waals surface area contributed by atoms with Gasteiger partial charge >= 0.3 is 5.97 Å². The van der Waals surface area contributed by atoms with E-state index in [0.29, 0.717) is 23.5 Å². The minimum absolute atomic E-state index is 0.0840. The number of thiophene rings is 1. The van der Waals surface area contributed by atoms with Crippen LogP contribution in [0, 0.1) is 0 Å². The van der Waals surface area contributed by atoms with E-state index in [-0.39, 0.29) is 22.7 Å². The number of aromatic carboxylic acids is 1. The van der Waals surface area contributed by atoms with Gasteiger partial charge in [-0.1, -0.05) is 18.2 Å². The Hall–Kier alpha value is -2.67. The van der Waals surface area contributed by atoms with Gasteiger partial charge in [0.2, 0.25) is 0 Å². The largest absolute Gasteiger partial charge is 0.477 e. The molecule has 1 aromatic carbocycles. The van der Waals surface area contributed by atoms with Gasteiger partial charge < -0.3 is 15.3 Å².